The standard InChI is InChI=1S/C19H23N3O3S2/c1-3-25-15-6-4-14(5-7-15)12-16-18(24)22(19(26)27-16)13-17(23)21-10-8-20(2)9-11-21/h4-7,12H,3,8-11,13H2,1-2H3. The molecule has 27 heavy (non-hydrogen) atoms. The molecule has 0 spiro atoms. The number of likely N-dealkylation sites (N-methyl/N-ethyl adjacent to an activating group) is 1. The summed E-state index contributed by atoms with van der Waals surface area (Å²) in [5.41, 5.74) is 0.893. The normalized spacial score (nSPS) is 19.9. The van der Waals surface area contributed by atoms with E-state index in [4.69, 9.17) is 17.0 Å². The molecule has 2 saturated heterocycles. The minimum atomic E-state index is -0.207. The van der Waals surface area contributed by atoms with Gasteiger partial charge in [0.1, 0.15) is 16.6 Å². The number of nitrogens with zero attached hydrogens (tertiary/aromatic N) is 3. The zero-order valence-corrected chi connectivity index (χ0v) is 17.1. The lowest BCUT2D eigenvalue weighted by Crippen LogP contribution is -2.50. The Balaban J connectivity index is 1.64. The fourth-order valence-corrected chi connectivity index (χ4v) is 4.16. The molecule has 2 fully saturated rings. The minimum absolute atomic E-state index is 0.00893. The Morgan fingerprint density at radius 1 is 1.22 bits per heavy atom. The molecule has 2 aliphatic rings. The van der Waals surface area contributed by atoms with Crippen LogP contribution in [0, 0.1) is 0 Å². The first-order valence-corrected chi connectivity index (χ1v) is 10.1. The summed E-state index contributed by atoms with van der Waals surface area (Å²) < 4.78 is 5.86. The van der Waals surface area contributed by atoms with Gasteiger partial charge in [-0.05, 0) is 37.7 Å². The van der Waals surface area contributed by atoms with E-state index in [1.807, 2.05) is 38.2 Å². The van der Waals surface area contributed by atoms with Crippen LogP contribution >= 0.6 is 24.0 Å². The zero-order chi connectivity index (χ0) is 19.4. The summed E-state index contributed by atoms with van der Waals surface area (Å²) in [6.45, 7) is 5.62. The van der Waals surface area contributed by atoms with E-state index < -0.39 is 0 Å². The zero-order valence-electron chi connectivity index (χ0n) is 15.5. The van der Waals surface area contributed by atoms with Gasteiger partial charge in [-0.2, -0.15) is 0 Å². The van der Waals surface area contributed by atoms with E-state index >= 15 is 0 Å². The van der Waals surface area contributed by atoms with Crippen LogP contribution in [0.1, 0.15) is 12.5 Å². The van der Waals surface area contributed by atoms with E-state index in [2.05, 4.69) is 4.90 Å². The van der Waals surface area contributed by atoms with E-state index in [1.165, 1.54) is 16.7 Å². The summed E-state index contributed by atoms with van der Waals surface area (Å²) in [7, 11) is 2.04. The van der Waals surface area contributed by atoms with Gasteiger partial charge < -0.3 is 14.5 Å². The lowest BCUT2D eigenvalue weighted by atomic mass is 10.2. The number of hydrogen-bond donors (Lipinski definition) is 0. The Labute approximate surface area is 169 Å². The van der Waals surface area contributed by atoms with Crippen molar-refractivity contribution in [2.24, 2.45) is 0 Å². The number of thioether (sulfide) groups is 1. The average Bonchev–Trinajstić information content (AvgIpc) is 2.91. The first-order valence-electron chi connectivity index (χ1n) is 8.92. The SMILES string of the molecule is CCOc1ccc(C=C2SC(=S)N(CC(=O)N3CCN(C)CC3)C2=O)cc1. The van der Waals surface area contributed by atoms with Crippen LogP contribution in [0.2, 0.25) is 0 Å². The van der Waals surface area contributed by atoms with Crippen molar-refractivity contribution in [2.45, 2.75) is 6.92 Å². The highest BCUT2D eigenvalue weighted by Crippen LogP contribution is 2.32. The third-order valence-electron chi connectivity index (χ3n) is 4.51. The van der Waals surface area contributed by atoms with Gasteiger partial charge in [0.05, 0.1) is 11.5 Å². The first-order chi connectivity index (χ1) is 13.0. The molecule has 144 valence electrons. The fraction of sp³-hybridized carbons (Fsp3) is 0.421. The molecule has 0 N–H and O–H groups in total. The van der Waals surface area contributed by atoms with E-state index in [1.54, 1.807) is 11.0 Å². The van der Waals surface area contributed by atoms with Gasteiger partial charge in [-0.3, -0.25) is 14.5 Å². The quantitative estimate of drug-likeness (QED) is 0.552. The van der Waals surface area contributed by atoms with Gasteiger partial charge in [-0.25, -0.2) is 0 Å². The number of hydrogen-bond acceptors (Lipinski definition) is 6. The second kappa shape index (κ2) is 8.86. The largest absolute Gasteiger partial charge is 0.494 e. The molecule has 1 aromatic rings. The van der Waals surface area contributed by atoms with Crippen LogP contribution in [0.3, 0.4) is 0 Å². The second-order valence-electron chi connectivity index (χ2n) is 6.45. The third-order valence-corrected chi connectivity index (χ3v) is 5.89. The summed E-state index contributed by atoms with van der Waals surface area (Å²) in [5, 5.41) is 0. The molecule has 0 radical (unpaired) electrons. The van der Waals surface area contributed by atoms with Gasteiger partial charge in [-0.1, -0.05) is 36.1 Å². The predicted octanol–water partition coefficient (Wildman–Crippen LogP) is 2.06. The number of carbonyl (C=O) groups is 2. The number of amides is 2. The maximum absolute atomic E-state index is 12.7. The van der Waals surface area contributed by atoms with Gasteiger partial charge in [-0.15, -0.1) is 0 Å². The van der Waals surface area contributed by atoms with Crippen LogP contribution in [0.25, 0.3) is 6.08 Å². The van der Waals surface area contributed by atoms with Crippen molar-refractivity contribution in [3.05, 3.63) is 34.7 Å². The van der Waals surface area contributed by atoms with Crippen LogP contribution in [0.5, 0.6) is 5.75 Å². The van der Waals surface area contributed by atoms with E-state index in [0.717, 1.165) is 24.4 Å². The molecule has 3 rings (SSSR count). The maximum atomic E-state index is 12.7. The number of thiocarbonyl (C=S) groups is 1. The molecule has 0 aromatic heterocycles. The Kier molecular flexibility index (Phi) is 6.51. The Bertz CT molecular complexity index is 756. The number of ether oxygens (including phenoxy) is 1. The van der Waals surface area contributed by atoms with Crippen molar-refractivity contribution in [1.29, 1.82) is 0 Å². The van der Waals surface area contributed by atoms with Crippen molar-refractivity contribution in [3.63, 3.8) is 0 Å². The molecule has 0 saturated carbocycles. The molecule has 0 atom stereocenters. The number of benzene rings is 1. The summed E-state index contributed by atoms with van der Waals surface area (Å²) in [6, 6.07) is 7.53. The second-order valence-corrected chi connectivity index (χ2v) is 8.13. The Morgan fingerprint density at radius 3 is 2.52 bits per heavy atom. The minimum Gasteiger partial charge on any atom is -0.494 e. The highest BCUT2D eigenvalue weighted by molar-refractivity contribution is 8.26. The van der Waals surface area contributed by atoms with Gasteiger partial charge in [0, 0.05) is 26.2 Å². The topological polar surface area (TPSA) is 53.1 Å². The molecule has 0 bridgehead atoms. The monoisotopic (exact) mass is 405 g/mol. The molecule has 6 nitrogen and oxygen atoms in total. The molecule has 2 aliphatic heterocycles. The molecule has 2 amide bonds. The highest BCUT2D eigenvalue weighted by Gasteiger charge is 2.34. The highest BCUT2D eigenvalue weighted by atomic mass is 32.2. The molecule has 1 aromatic carbocycles. The van der Waals surface area contributed by atoms with Crippen LogP contribution in [-0.2, 0) is 9.59 Å². The molecule has 0 aliphatic carbocycles. The van der Waals surface area contributed by atoms with Crippen molar-refractivity contribution >= 4 is 46.2 Å². The molecular formula is C19H23N3O3S2. The van der Waals surface area contributed by atoms with Crippen LogP contribution < -0.4 is 4.74 Å². The lowest BCUT2D eigenvalue weighted by molar-refractivity contribution is -0.136. The van der Waals surface area contributed by atoms with Gasteiger partial charge >= 0.3 is 0 Å². The van der Waals surface area contributed by atoms with Crippen molar-refractivity contribution in [2.75, 3.05) is 46.4 Å². The van der Waals surface area contributed by atoms with Gasteiger partial charge in [0.25, 0.3) is 5.91 Å². The summed E-state index contributed by atoms with van der Waals surface area (Å²) >= 11 is 6.57. The molecular weight excluding hydrogens is 382 g/mol. The maximum Gasteiger partial charge on any atom is 0.266 e. The van der Waals surface area contributed by atoms with Crippen LogP contribution in [-0.4, -0.2) is 77.2 Å². The number of piperazine rings is 1. The Hall–Kier alpha value is -1.90. The van der Waals surface area contributed by atoms with Gasteiger partial charge in [0.15, 0.2) is 0 Å². The molecule has 2 heterocycles. The van der Waals surface area contributed by atoms with Crippen LogP contribution in [0.4, 0.5) is 0 Å². The van der Waals surface area contributed by atoms with E-state index in [-0.39, 0.29) is 18.4 Å². The van der Waals surface area contributed by atoms with Gasteiger partial charge in [0.2, 0.25) is 5.91 Å². The first kappa shape index (κ1) is 19.9. The van der Waals surface area contributed by atoms with Crippen LogP contribution in [0.15, 0.2) is 29.2 Å². The molecule has 8 heteroatoms. The smallest absolute Gasteiger partial charge is 0.266 e. The van der Waals surface area contributed by atoms with Crippen molar-refractivity contribution < 1.29 is 14.3 Å². The molecule has 0 unspecified atom stereocenters. The number of carbonyl (C=O) groups excluding carboxylic acids is 2. The summed E-state index contributed by atoms with van der Waals surface area (Å²) in [5.74, 6) is 0.531. The predicted molar refractivity (Wildman–Crippen MR) is 112 cm³/mol. The number of rotatable bonds is 5. The average molecular weight is 406 g/mol. The summed E-state index contributed by atoms with van der Waals surface area (Å²) in [4.78, 5) is 31.2. The summed E-state index contributed by atoms with van der Waals surface area (Å²) in [6.07, 6.45) is 1.80. The van der Waals surface area contributed by atoms with E-state index in [9.17, 15) is 9.59 Å². The van der Waals surface area contributed by atoms with Crippen molar-refractivity contribution in [3.8, 4) is 5.75 Å². The van der Waals surface area contributed by atoms with Crippen molar-refractivity contribution in [1.82, 2.24) is 14.7 Å². The fourth-order valence-electron chi connectivity index (χ4n) is 2.91. The third kappa shape index (κ3) is 4.88. The van der Waals surface area contributed by atoms with E-state index in [0.29, 0.717) is 28.9 Å². The lowest BCUT2D eigenvalue weighted by Gasteiger charge is -2.33. The Morgan fingerprint density at radius 2 is 1.89 bits per heavy atom.